The molecule has 1 aliphatic heterocycles. The summed E-state index contributed by atoms with van der Waals surface area (Å²) in [6, 6.07) is 16.8. The lowest BCUT2D eigenvalue weighted by Gasteiger charge is -2.36. The minimum atomic E-state index is -0.505. The van der Waals surface area contributed by atoms with E-state index in [9.17, 15) is 14.0 Å². The van der Waals surface area contributed by atoms with E-state index in [1.165, 1.54) is 12.1 Å². The molecule has 182 valence electrons. The Bertz CT molecular complexity index is 1210. The van der Waals surface area contributed by atoms with E-state index in [2.05, 4.69) is 10.2 Å². The highest BCUT2D eigenvalue weighted by Crippen LogP contribution is 2.31. The molecule has 0 bridgehead atoms. The average molecular weight is 516 g/mol. The number of anilines is 2. The highest BCUT2D eigenvalue weighted by atomic mass is 35.5. The van der Waals surface area contributed by atoms with E-state index < -0.39 is 5.82 Å². The Morgan fingerprint density at radius 1 is 1.00 bits per heavy atom. The van der Waals surface area contributed by atoms with Crippen molar-refractivity contribution in [1.82, 2.24) is 4.90 Å². The molecule has 1 aliphatic rings. The van der Waals surface area contributed by atoms with E-state index in [1.807, 2.05) is 24.3 Å². The maximum Gasteiger partial charge on any atom is 0.262 e. The molecule has 0 aliphatic carbocycles. The molecule has 0 atom stereocenters. The summed E-state index contributed by atoms with van der Waals surface area (Å²) in [5, 5.41) is 3.65. The van der Waals surface area contributed by atoms with Crippen LogP contribution in [0.2, 0.25) is 10.0 Å². The maximum absolute atomic E-state index is 13.9. The van der Waals surface area contributed by atoms with Gasteiger partial charge in [-0.1, -0.05) is 35.3 Å². The monoisotopic (exact) mass is 515 g/mol. The lowest BCUT2D eigenvalue weighted by atomic mass is 10.1. The van der Waals surface area contributed by atoms with Crippen molar-refractivity contribution < 1.29 is 18.7 Å². The lowest BCUT2D eigenvalue weighted by Crippen LogP contribution is -2.49. The molecule has 0 radical (unpaired) electrons. The summed E-state index contributed by atoms with van der Waals surface area (Å²) in [6.07, 6.45) is 0. The largest absolute Gasteiger partial charge is 0.482 e. The smallest absolute Gasteiger partial charge is 0.262 e. The van der Waals surface area contributed by atoms with Crippen LogP contribution in [-0.4, -0.2) is 49.5 Å². The van der Waals surface area contributed by atoms with Crippen LogP contribution in [0.3, 0.4) is 0 Å². The fraction of sp³-hybridized carbons (Fsp3) is 0.231. The highest BCUT2D eigenvalue weighted by Gasteiger charge is 2.24. The number of hydrogen-bond donors (Lipinski definition) is 1. The first-order valence-electron chi connectivity index (χ1n) is 11.1. The van der Waals surface area contributed by atoms with E-state index in [1.54, 1.807) is 36.1 Å². The Morgan fingerprint density at radius 2 is 1.69 bits per heavy atom. The third kappa shape index (κ3) is 6.05. The minimum Gasteiger partial charge on any atom is -0.482 e. The number of piperazine rings is 1. The number of nitrogens with zero attached hydrogens (tertiary/aromatic N) is 2. The van der Waals surface area contributed by atoms with Crippen molar-refractivity contribution in [1.29, 1.82) is 0 Å². The van der Waals surface area contributed by atoms with Gasteiger partial charge in [0.15, 0.2) is 6.61 Å². The first-order chi connectivity index (χ1) is 16.8. The van der Waals surface area contributed by atoms with Gasteiger partial charge in [0.05, 0.1) is 10.6 Å². The molecule has 0 saturated carbocycles. The number of halogens is 3. The van der Waals surface area contributed by atoms with E-state index in [4.69, 9.17) is 27.9 Å². The van der Waals surface area contributed by atoms with Crippen LogP contribution in [0.15, 0.2) is 60.7 Å². The van der Waals surface area contributed by atoms with E-state index in [0.717, 1.165) is 11.3 Å². The van der Waals surface area contributed by atoms with Crippen molar-refractivity contribution in [2.24, 2.45) is 0 Å². The van der Waals surface area contributed by atoms with Gasteiger partial charge in [0.1, 0.15) is 11.6 Å². The molecule has 4 rings (SSSR count). The molecule has 1 saturated heterocycles. The molecule has 2 amide bonds. The Kier molecular flexibility index (Phi) is 7.78. The number of rotatable bonds is 6. The fourth-order valence-electron chi connectivity index (χ4n) is 3.93. The second-order valence-electron chi connectivity index (χ2n) is 8.18. The molecule has 3 aromatic carbocycles. The molecule has 0 unspecified atom stereocenters. The number of aryl methyl sites for hydroxylation is 1. The number of carbonyl (C=O) groups excluding carboxylic acids is 2. The number of amides is 2. The lowest BCUT2D eigenvalue weighted by molar-refractivity contribution is -0.118. The highest BCUT2D eigenvalue weighted by molar-refractivity contribution is 6.35. The average Bonchev–Trinajstić information content (AvgIpc) is 2.84. The van der Waals surface area contributed by atoms with Crippen molar-refractivity contribution >= 4 is 46.4 Å². The summed E-state index contributed by atoms with van der Waals surface area (Å²) in [5.74, 6) is -0.690. The predicted octanol–water partition coefficient (Wildman–Crippen LogP) is 5.42. The molecule has 1 fully saturated rings. The van der Waals surface area contributed by atoms with E-state index in [-0.39, 0.29) is 24.0 Å². The minimum absolute atomic E-state index is 0.0959. The summed E-state index contributed by atoms with van der Waals surface area (Å²) < 4.78 is 19.5. The topological polar surface area (TPSA) is 61.9 Å². The standard InChI is InChI=1S/C26H24Cl2FN3O3/c1-17-14-18(27)15-22(28)25(17)35-16-24(33)30-19-6-8-20(9-7-19)31-10-12-32(13-11-31)26(34)21-4-2-3-5-23(21)29/h2-9,14-15H,10-13,16H2,1H3,(H,30,33). The number of nitrogens with one attached hydrogen (secondary N) is 1. The second kappa shape index (κ2) is 11.0. The van der Waals surface area contributed by atoms with Crippen LogP contribution < -0.4 is 15.0 Å². The third-order valence-electron chi connectivity index (χ3n) is 5.73. The summed E-state index contributed by atoms with van der Waals surface area (Å²) in [6.45, 7) is 3.86. The first kappa shape index (κ1) is 24.8. The molecule has 1 heterocycles. The molecule has 9 heteroatoms. The molecule has 3 aromatic rings. The van der Waals surface area contributed by atoms with Crippen molar-refractivity contribution in [3.05, 3.63) is 87.7 Å². The summed E-state index contributed by atoms with van der Waals surface area (Å²) in [5.41, 5.74) is 2.45. The molecule has 0 spiro atoms. The van der Waals surface area contributed by atoms with Crippen LogP contribution in [0.4, 0.5) is 15.8 Å². The van der Waals surface area contributed by atoms with Crippen molar-refractivity contribution in [3.63, 3.8) is 0 Å². The number of benzene rings is 3. The Labute approximate surface area is 213 Å². The van der Waals surface area contributed by atoms with Gasteiger partial charge in [-0.05, 0) is 61.0 Å². The van der Waals surface area contributed by atoms with Gasteiger partial charge in [-0.15, -0.1) is 0 Å². The summed E-state index contributed by atoms with van der Waals surface area (Å²) in [4.78, 5) is 28.7. The summed E-state index contributed by atoms with van der Waals surface area (Å²) in [7, 11) is 0. The molecule has 35 heavy (non-hydrogen) atoms. The van der Waals surface area contributed by atoms with Crippen molar-refractivity contribution in [2.45, 2.75) is 6.92 Å². The van der Waals surface area contributed by atoms with Crippen LogP contribution in [0, 0.1) is 12.7 Å². The normalized spacial score (nSPS) is 13.5. The zero-order valence-electron chi connectivity index (χ0n) is 19.1. The van der Waals surface area contributed by atoms with Crippen LogP contribution in [0.1, 0.15) is 15.9 Å². The first-order valence-corrected chi connectivity index (χ1v) is 11.8. The fourth-order valence-corrected chi connectivity index (χ4v) is 4.58. The van der Waals surface area contributed by atoms with Gasteiger partial charge in [0.2, 0.25) is 0 Å². The predicted molar refractivity (Wildman–Crippen MR) is 136 cm³/mol. The second-order valence-corrected chi connectivity index (χ2v) is 9.02. The summed E-state index contributed by atoms with van der Waals surface area (Å²) >= 11 is 12.1. The molecule has 6 nitrogen and oxygen atoms in total. The van der Waals surface area contributed by atoms with Gasteiger partial charge in [-0.2, -0.15) is 0 Å². The molecule has 1 N–H and O–H groups in total. The van der Waals surface area contributed by atoms with E-state index in [0.29, 0.717) is 47.7 Å². The van der Waals surface area contributed by atoms with Crippen LogP contribution >= 0.6 is 23.2 Å². The van der Waals surface area contributed by atoms with Gasteiger partial charge < -0.3 is 19.9 Å². The van der Waals surface area contributed by atoms with Crippen molar-refractivity contribution in [2.75, 3.05) is 43.0 Å². The number of ether oxygens (including phenoxy) is 1. The zero-order chi connectivity index (χ0) is 24.9. The quantitative estimate of drug-likeness (QED) is 0.476. The number of hydrogen-bond acceptors (Lipinski definition) is 4. The third-order valence-corrected chi connectivity index (χ3v) is 6.23. The van der Waals surface area contributed by atoms with Crippen molar-refractivity contribution in [3.8, 4) is 5.75 Å². The Morgan fingerprint density at radius 3 is 2.34 bits per heavy atom. The molecule has 0 aromatic heterocycles. The van der Waals surface area contributed by atoms with Crippen LogP contribution in [-0.2, 0) is 4.79 Å². The van der Waals surface area contributed by atoms with Crippen LogP contribution in [0.5, 0.6) is 5.75 Å². The van der Waals surface area contributed by atoms with Crippen LogP contribution in [0.25, 0.3) is 0 Å². The Balaban J connectivity index is 1.28. The maximum atomic E-state index is 13.9. The zero-order valence-corrected chi connectivity index (χ0v) is 20.6. The van der Waals surface area contributed by atoms with Gasteiger partial charge in [0.25, 0.3) is 11.8 Å². The van der Waals surface area contributed by atoms with Gasteiger partial charge in [-0.3, -0.25) is 9.59 Å². The van der Waals surface area contributed by atoms with E-state index >= 15 is 0 Å². The number of carbonyl (C=O) groups is 2. The molecular weight excluding hydrogens is 492 g/mol. The van der Waals surface area contributed by atoms with Gasteiger partial charge in [0, 0.05) is 42.6 Å². The SMILES string of the molecule is Cc1cc(Cl)cc(Cl)c1OCC(=O)Nc1ccc(N2CCN(C(=O)c3ccccc3F)CC2)cc1. The van der Waals surface area contributed by atoms with Gasteiger partial charge >= 0.3 is 0 Å². The van der Waals surface area contributed by atoms with Gasteiger partial charge in [-0.25, -0.2) is 4.39 Å². The Hall–Kier alpha value is -3.29. The molecular formula is C26H24Cl2FN3O3.